The Kier molecular flexibility index (Phi) is 5.90. The molecule has 0 saturated carbocycles. The molecule has 0 radical (unpaired) electrons. The fourth-order valence-corrected chi connectivity index (χ4v) is 3.29. The first-order valence-electron chi connectivity index (χ1n) is 9.26. The Labute approximate surface area is 159 Å². The van der Waals surface area contributed by atoms with Gasteiger partial charge in [0.15, 0.2) is 5.78 Å². The fourth-order valence-electron chi connectivity index (χ4n) is 3.29. The summed E-state index contributed by atoms with van der Waals surface area (Å²) in [4.78, 5) is 14.5. The number of Topliss-reactive ketones (excluding diaryl/α,β-unsaturated/α-hetero) is 1. The van der Waals surface area contributed by atoms with E-state index in [1.54, 1.807) is 6.08 Å². The number of anilines is 1. The Hall–Kier alpha value is -2.68. The largest absolute Gasteiger partial charge is 0.394 e. The number of hydrogen-bond acceptors (Lipinski definition) is 5. The van der Waals surface area contributed by atoms with E-state index in [0.29, 0.717) is 6.04 Å². The smallest absolute Gasteiger partial charge is 0.173 e. The number of rotatable bonds is 7. The van der Waals surface area contributed by atoms with Gasteiger partial charge in [0.2, 0.25) is 0 Å². The van der Waals surface area contributed by atoms with Crippen LogP contribution in [-0.2, 0) is 4.79 Å². The summed E-state index contributed by atoms with van der Waals surface area (Å²) in [6, 6.07) is 14.7. The molecule has 1 saturated heterocycles. The molecule has 3 rings (SSSR count). The van der Waals surface area contributed by atoms with Gasteiger partial charge in [-0.2, -0.15) is 5.26 Å². The van der Waals surface area contributed by atoms with Crippen LogP contribution in [0, 0.1) is 11.3 Å². The molecule has 2 atom stereocenters. The molecule has 140 valence electrons. The van der Waals surface area contributed by atoms with Crippen LogP contribution in [0.5, 0.6) is 0 Å². The molecule has 0 spiro atoms. The number of hydrogen-bond donors (Lipinski definition) is 2. The van der Waals surface area contributed by atoms with Gasteiger partial charge in [0, 0.05) is 24.7 Å². The van der Waals surface area contributed by atoms with Crippen molar-refractivity contribution in [1.29, 1.82) is 5.26 Å². The number of benzene rings is 2. The van der Waals surface area contributed by atoms with Gasteiger partial charge in [-0.3, -0.25) is 4.79 Å². The minimum atomic E-state index is -0.933. The molecular weight excluding hydrogens is 340 g/mol. The molecule has 1 aliphatic rings. The zero-order valence-corrected chi connectivity index (χ0v) is 15.4. The average Bonchev–Trinajstić information content (AvgIpc) is 2.68. The normalized spacial score (nSPS) is 18.1. The van der Waals surface area contributed by atoms with Crippen LogP contribution in [0.15, 0.2) is 42.0 Å². The molecule has 2 unspecified atom stereocenters. The fraction of sp³-hybridized carbons (Fsp3) is 0.364. The Morgan fingerprint density at radius 3 is 2.70 bits per heavy atom. The van der Waals surface area contributed by atoms with E-state index in [-0.39, 0.29) is 30.8 Å². The van der Waals surface area contributed by atoms with Crippen molar-refractivity contribution in [1.82, 2.24) is 0 Å². The number of carbonyl (C=O) groups excluding carboxylic acids is 1. The van der Waals surface area contributed by atoms with Gasteiger partial charge in [-0.05, 0) is 60.4 Å². The van der Waals surface area contributed by atoms with Crippen molar-refractivity contribution in [2.75, 3.05) is 18.1 Å². The predicted molar refractivity (Wildman–Crippen MR) is 106 cm³/mol. The molecule has 2 N–H and O–H groups in total. The van der Waals surface area contributed by atoms with Gasteiger partial charge in [0.25, 0.3) is 0 Å². The van der Waals surface area contributed by atoms with Crippen LogP contribution in [0.25, 0.3) is 16.8 Å². The van der Waals surface area contributed by atoms with Gasteiger partial charge in [0.05, 0.1) is 18.3 Å². The Bertz CT molecular complexity index is 913. The van der Waals surface area contributed by atoms with Crippen molar-refractivity contribution in [3.8, 4) is 6.07 Å². The van der Waals surface area contributed by atoms with Crippen molar-refractivity contribution in [3.05, 3.63) is 47.5 Å². The number of aliphatic hydroxyl groups is 2. The van der Waals surface area contributed by atoms with Crippen molar-refractivity contribution in [3.63, 3.8) is 0 Å². The third kappa shape index (κ3) is 4.36. The highest BCUT2D eigenvalue weighted by molar-refractivity contribution is 6.03. The number of allylic oxidation sites excluding steroid dienone is 1. The number of aliphatic hydroxyl groups excluding tert-OH is 2. The summed E-state index contributed by atoms with van der Waals surface area (Å²) < 4.78 is 0. The van der Waals surface area contributed by atoms with E-state index in [1.165, 1.54) is 12.1 Å². The van der Waals surface area contributed by atoms with Crippen LogP contribution in [0.3, 0.4) is 0 Å². The molecule has 0 aromatic heterocycles. The second-order valence-corrected chi connectivity index (χ2v) is 7.09. The second-order valence-electron chi connectivity index (χ2n) is 7.09. The summed E-state index contributed by atoms with van der Waals surface area (Å²) in [5.41, 5.74) is 2.07. The van der Waals surface area contributed by atoms with Crippen LogP contribution < -0.4 is 4.90 Å². The second kappa shape index (κ2) is 8.34. The molecule has 2 aromatic rings. The Morgan fingerprint density at radius 2 is 2.07 bits per heavy atom. The first kappa shape index (κ1) is 19.1. The van der Waals surface area contributed by atoms with Gasteiger partial charge in [-0.1, -0.05) is 18.2 Å². The lowest BCUT2D eigenvalue weighted by Crippen LogP contribution is -2.45. The van der Waals surface area contributed by atoms with E-state index in [9.17, 15) is 15.2 Å². The third-order valence-corrected chi connectivity index (χ3v) is 5.15. The molecule has 2 aromatic carbocycles. The molecule has 0 aliphatic carbocycles. The zero-order chi connectivity index (χ0) is 19.4. The monoisotopic (exact) mass is 364 g/mol. The summed E-state index contributed by atoms with van der Waals surface area (Å²) in [6.45, 7) is 2.93. The Balaban J connectivity index is 1.79. The molecule has 1 fully saturated rings. The number of nitriles is 1. The Morgan fingerprint density at radius 1 is 1.33 bits per heavy atom. The molecule has 1 heterocycles. The van der Waals surface area contributed by atoms with E-state index in [1.807, 2.05) is 24.3 Å². The number of carbonyl (C=O) groups is 1. The van der Waals surface area contributed by atoms with Gasteiger partial charge in [-0.25, -0.2) is 0 Å². The van der Waals surface area contributed by atoms with Crippen LogP contribution in [0.2, 0.25) is 0 Å². The van der Waals surface area contributed by atoms with Crippen LogP contribution in [-0.4, -0.2) is 41.3 Å². The van der Waals surface area contributed by atoms with E-state index in [4.69, 9.17) is 5.11 Å². The quantitative estimate of drug-likeness (QED) is 0.583. The van der Waals surface area contributed by atoms with Gasteiger partial charge in [0.1, 0.15) is 6.07 Å². The molecule has 27 heavy (non-hydrogen) atoms. The van der Waals surface area contributed by atoms with Crippen LogP contribution in [0.1, 0.15) is 31.7 Å². The van der Waals surface area contributed by atoms with E-state index in [2.05, 4.69) is 30.0 Å². The lowest BCUT2D eigenvalue weighted by atomic mass is 9.99. The first-order valence-corrected chi connectivity index (χ1v) is 9.26. The highest BCUT2D eigenvalue weighted by Crippen LogP contribution is 2.29. The topological polar surface area (TPSA) is 84.6 Å². The molecular formula is C22H24N2O3. The predicted octanol–water partition coefficient (Wildman–Crippen LogP) is 3.05. The number of fused-ring (bicyclic) bond motifs is 1. The van der Waals surface area contributed by atoms with E-state index >= 15 is 0 Å². The maximum absolute atomic E-state index is 12.2. The summed E-state index contributed by atoms with van der Waals surface area (Å²) in [7, 11) is 0. The van der Waals surface area contributed by atoms with Crippen LogP contribution >= 0.6 is 0 Å². The first-order chi connectivity index (χ1) is 13.0. The number of ketones is 1. The van der Waals surface area contributed by atoms with Crippen LogP contribution in [0.4, 0.5) is 5.69 Å². The van der Waals surface area contributed by atoms with Crippen molar-refractivity contribution in [2.45, 2.75) is 38.3 Å². The standard InChI is InChI=1S/C22H24N2O3/c1-15-8-9-24(15)20-5-4-17-10-16(2-3-18(17)12-20)11-19(13-23)22(27)7-6-21(26)14-25/h2-5,10-12,15,21,25-26H,6-9,14H2,1H3/b19-11+. The molecule has 5 heteroatoms. The van der Waals surface area contributed by atoms with Gasteiger partial charge < -0.3 is 15.1 Å². The average molecular weight is 364 g/mol. The maximum Gasteiger partial charge on any atom is 0.173 e. The summed E-state index contributed by atoms with van der Waals surface area (Å²) in [5, 5.41) is 29.7. The lowest BCUT2D eigenvalue weighted by molar-refractivity contribution is -0.115. The van der Waals surface area contributed by atoms with Gasteiger partial charge >= 0.3 is 0 Å². The molecule has 0 bridgehead atoms. The SMILES string of the molecule is CC1CCN1c1ccc2cc(/C=C(\C#N)C(=O)CCC(O)CO)ccc2c1. The molecule has 1 aliphatic heterocycles. The molecule has 0 amide bonds. The maximum atomic E-state index is 12.2. The zero-order valence-electron chi connectivity index (χ0n) is 15.4. The minimum absolute atomic E-state index is 0.0338. The minimum Gasteiger partial charge on any atom is -0.394 e. The van der Waals surface area contributed by atoms with Crippen molar-refractivity contribution < 1.29 is 15.0 Å². The highest BCUT2D eigenvalue weighted by Gasteiger charge is 2.23. The highest BCUT2D eigenvalue weighted by atomic mass is 16.3. The van der Waals surface area contributed by atoms with E-state index in [0.717, 1.165) is 22.9 Å². The number of nitrogens with zero attached hydrogens (tertiary/aromatic N) is 2. The summed E-state index contributed by atoms with van der Waals surface area (Å²) >= 11 is 0. The van der Waals surface area contributed by atoms with E-state index < -0.39 is 6.10 Å². The van der Waals surface area contributed by atoms with Crippen molar-refractivity contribution >= 4 is 28.3 Å². The lowest BCUT2D eigenvalue weighted by Gasteiger charge is -2.41. The third-order valence-electron chi connectivity index (χ3n) is 5.15. The molecule has 5 nitrogen and oxygen atoms in total. The van der Waals surface area contributed by atoms with Gasteiger partial charge in [-0.15, -0.1) is 0 Å². The van der Waals surface area contributed by atoms with Crippen molar-refractivity contribution in [2.24, 2.45) is 0 Å². The summed E-state index contributed by atoms with van der Waals surface area (Å²) in [5.74, 6) is -0.327. The summed E-state index contributed by atoms with van der Waals surface area (Å²) in [6.07, 6.45) is 2.05.